The molecule has 0 saturated heterocycles. The van der Waals surface area contributed by atoms with Crippen LogP contribution in [0.3, 0.4) is 0 Å². The molecule has 0 heterocycles. The van der Waals surface area contributed by atoms with Gasteiger partial charge in [-0.05, 0) is 35.7 Å². The quantitative estimate of drug-likeness (QED) is 0.567. The second-order valence-corrected chi connectivity index (χ2v) is 6.11. The molecule has 0 fully saturated rings. The van der Waals surface area contributed by atoms with Crippen LogP contribution in [-0.2, 0) is 0 Å². The van der Waals surface area contributed by atoms with Crippen LogP contribution in [0.25, 0.3) is 0 Å². The van der Waals surface area contributed by atoms with E-state index in [0.717, 1.165) is 17.0 Å². The third-order valence-electron chi connectivity index (χ3n) is 3.15. The number of Topliss-reactive ketones (excluding diaryl/α,β-unsaturated/α-hetero) is 1. The molecular weight excluding hydrogens is 290 g/mol. The number of halogens is 2. The van der Waals surface area contributed by atoms with Gasteiger partial charge in [-0.15, -0.1) is 11.8 Å². The number of hydrogen-bond donors (Lipinski definition) is 0. The molecule has 0 aromatic heterocycles. The molecule has 2 aromatic carbocycles. The fraction of sp³-hybridized carbons (Fsp3) is 0.235. The molecule has 0 amide bonds. The van der Waals surface area contributed by atoms with Gasteiger partial charge in [-0.25, -0.2) is 8.78 Å². The molecule has 0 atom stereocenters. The van der Waals surface area contributed by atoms with Crippen molar-refractivity contribution in [3.05, 3.63) is 65.2 Å². The van der Waals surface area contributed by atoms with Crippen molar-refractivity contribution in [2.75, 3.05) is 5.75 Å². The Morgan fingerprint density at radius 1 is 1.10 bits per heavy atom. The molecule has 0 aliphatic heterocycles. The molecule has 0 radical (unpaired) electrons. The fourth-order valence-corrected chi connectivity index (χ4v) is 2.67. The lowest BCUT2D eigenvalue weighted by atomic mass is 10.0. The van der Waals surface area contributed by atoms with Gasteiger partial charge < -0.3 is 0 Å². The number of ketones is 1. The molecule has 1 nitrogen and oxygen atoms in total. The SMILES string of the molecule is CC(C)c1ccc(SCC(=O)c2ccc(F)cc2F)cc1. The highest BCUT2D eigenvalue weighted by molar-refractivity contribution is 8.00. The average molecular weight is 306 g/mol. The number of carbonyl (C=O) groups is 1. The zero-order valence-electron chi connectivity index (χ0n) is 11.9. The summed E-state index contributed by atoms with van der Waals surface area (Å²) >= 11 is 1.35. The zero-order valence-corrected chi connectivity index (χ0v) is 12.7. The van der Waals surface area contributed by atoms with Gasteiger partial charge in [-0.3, -0.25) is 4.79 Å². The Labute approximate surface area is 127 Å². The first-order valence-corrected chi connectivity index (χ1v) is 7.67. The molecule has 0 spiro atoms. The predicted octanol–water partition coefficient (Wildman–Crippen LogP) is 5.06. The molecule has 0 bridgehead atoms. The second kappa shape index (κ2) is 6.85. The maximum Gasteiger partial charge on any atom is 0.176 e. The normalized spacial score (nSPS) is 10.9. The average Bonchev–Trinajstić information content (AvgIpc) is 2.45. The first kappa shape index (κ1) is 15.7. The maximum atomic E-state index is 13.5. The highest BCUT2D eigenvalue weighted by Gasteiger charge is 2.13. The molecule has 0 unspecified atom stereocenters. The van der Waals surface area contributed by atoms with Crippen molar-refractivity contribution in [2.45, 2.75) is 24.7 Å². The highest BCUT2D eigenvalue weighted by Crippen LogP contribution is 2.23. The van der Waals surface area contributed by atoms with Gasteiger partial charge in [0.15, 0.2) is 5.78 Å². The van der Waals surface area contributed by atoms with Gasteiger partial charge in [-0.2, -0.15) is 0 Å². The minimum absolute atomic E-state index is 0.0669. The molecule has 4 heteroatoms. The standard InChI is InChI=1S/C17H16F2OS/c1-11(2)12-3-6-14(7-4-12)21-10-17(20)15-8-5-13(18)9-16(15)19/h3-9,11H,10H2,1-2H3. The van der Waals surface area contributed by atoms with Crippen LogP contribution >= 0.6 is 11.8 Å². The van der Waals surface area contributed by atoms with Crippen LogP contribution in [0.5, 0.6) is 0 Å². The Morgan fingerprint density at radius 3 is 2.33 bits per heavy atom. The summed E-state index contributed by atoms with van der Waals surface area (Å²) in [6.07, 6.45) is 0. The Hall–Kier alpha value is -1.68. The van der Waals surface area contributed by atoms with Crippen LogP contribution in [0.15, 0.2) is 47.4 Å². The van der Waals surface area contributed by atoms with E-state index in [0.29, 0.717) is 5.92 Å². The number of benzene rings is 2. The third kappa shape index (κ3) is 4.14. The van der Waals surface area contributed by atoms with E-state index in [-0.39, 0.29) is 17.1 Å². The van der Waals surface area contributed by atoms with Crippen molar-refractivity contribution in [3.8, 4) is 0 Å². The van der Waals surface area contributed by atoms with Crippen molar-refractivity contribution < 1.29 is 13.6 Å². The van der Waals surface area contributed by atoms with E-state index in [2.05, 4.69) is 13.8 Å². The van der Waals surface area contributed by atoms with Gasteiger partial charge >= 0.3 is 0 Å². The summed E-state index contributed by atoms with van der Waals surface area (Å²) in [7, 11) is 0. The zero-order chi connectivity index (χ0) is 15.4. The van der Waals surface area contributed by atoms with Gasteiger partial charge in [0.2, 0.25) is 0 Å². The minimum atomic E-state index is -0.809. The third-order valence-corrected chi connectivity index (χ3v) is 4.16. The monoisotopic (exact) mass is 306 g/mol. The molecule has 2 aromatic rings. The van der Waals surface area contributed by atoms with E-state index in [9.17, 15) is 13.6 Å². The van der Waals surface area contributed by atoms with Crippen molar-refractivity contribution >= 4 is 17.5 Å². The largest absolute Gasteiger partial charge is 0.293 e. The Bertz CT molecular complexity index is 636. The second-order valence-electron chi connectivity index (χ2n) is 5.06. The van der Waals surface area contributed by atoms with Gasteiger partial charge in [-0.1, -0.05) is 26.0 Å². The van der Waals surface area contributed by atoms with E-state index in [1.54, 1.807) is 0 Å². The van der Waals surface area contributed by atoms with Crippen molar-refractivity contribution in [3.63, 3.8) is 0 Å². The van der Waals surface area contributed by atoms with Gasteiger partial charge in [0.25, 0.3) is 0 Å². The van der Waals surface area contributed by atoms with Crippen LogP contribution in [0.2, 0.25) is 0 Å². The predicted molar refractivity (Wildman–Crippen MR) is 81.9 cm³/mol. The van der Waals surface area contributed by atoms with Crippen molar-refractivity contribution in [2.24, 2.45) is 0 Å². The summed E-state index contributed by atoms with van der Waals surface area (Å²) in [5, 5.41) is 0. The maximum absolute atomic E-state index is 13.5. The van der Waals surface area contributed by atoms with Gasteiger partial charge in [0.05, 0.1) is 11.3 Å². The Kier molecular flexibility index (Phi) is 5.12. The number of rotatable bonds is 5. The summed E-state index contributed by atoms with van der Waals surface area (Å²) in [5.74, 6) is -1.25. The van der Waals surface area contributed by atoms with Gasteiger partial charge in [0.1, 0.15) is 11.6 Å². The van der Waals surface area contributed by atoms with Crippen molar-refractivity contribution in [1.29, 1.82) is 0 Å². The first-order chi connectivity index (χ1) is 9.97. The number of thioether (sulfide) groups is 1. The van der Waals surface area contributed by atoms with Crippen LogP contribution in [0, 0.1) is 11.6 Å². The fourth-order valence-electron chi connectivity index (χ4n) is 1.89. The van der Waals surface area contributed by atoms with Crippen LogP contribution in [0.4, 0.5) is 8.78 Å². The minimum Gasteiger partial charge on any atom is -0.293 e. The van der Waals surface area contributed by atoms with E-state index in [4.69, 9.17) is 0 Å². The molecule has 2 rings (SSSR count). The molecule has 0 aliphatic rings. The lowest BCUT2D eigenvalue weighted by Gasteiger charge is -2.07. The van der Waals surface area contributed by atoms with Crippen LogP contribution < -0.4 is 0 Å². The lowest BCUT2D eigenvalue weighted by Crippen LogP contribution is -2.05. The molecular formula is C17H16F2OS. The van der Waals surface area contributed by atoms with Crippen LogP contribution in [-0.4, -0.2) is 11.5 Å². The van der Waals surface area contributed by atoms with Gasteiger partial charge in [0, 0.05) is 11.0 Å². The number of carbonyl (C=O) groups excluding carboxylic acids is 1. The van der Waals surface area contributed by atoms with E-state index >= 15 is 0 Å². The van der Waals surface area contributed by atoms with Crippen molar-refractivity contribution in [1.82, 2.24) is 0 Å². The first-order valence-electron chi connectivity index (χ1n) is 6.68. The van der Waals surface area contributed by atoms with E-state index in [1.807, 2.05) is 24.3 Å². The smallest absolute Gasteiger partial charge is 0.176 e. The number of hydrogen-bond acceptors (Lipinski definition) is 2. The topological polar surface area (TPSA) is 17.1 Å². The molecule has 21 heavy (non-hydrogen) atoms. The summed E-state index contributed by atoms with van der Waals surface area (Å²) in [4.78, 5) is 12.9. The molecule has 0 saturated carbocycles. The summed E-state index contributed by atoms with van der Waals surface area (Å²) in [6, 6.07) is 11.0. The van der Waals surface area contributed by atoms with E-state index < -0.39 is 11.6 Å². The van der Waals surface area contributed by atoms with E-state index in [1.165, 1.54) is 23.4 Å². The molecule has 110 valence electrons. The summed E-state index contributed by atoms with van der Waals surface area (Å²) in [5.41, 5.74) is 1.16. The van der Waals surface area contributed by atoms with Crippen LogP contribution in [0.1, 0.15) is 35.7 Å². The molecule has 0 N–H and O–H groups in total. The summed E-state index contributed by atoms with van der Waals surface area (Å²) < 4.78 is 26.3. The Morgan fingerprint density at radius 2 is 1.76 bits per heavy atom. The lowest BCUT2D eigenvalue weighted by molar-refractivity contribution is 0.101. The Balaban J connectivity index is 2.00. The summed E-state index contributed by atoms with van der Waals surface area (Å²) in [6.45, 7) is 4.23. The molecule has 0 aliphatic carbocycles. The highest BCUT2D eigenvalue weighted by atomic mass is 32.2.